The predicted octanol–water partition coefficient (Wildman–Crippen LogP) is 0.701. The first kappa shape index (κ1) is 12.2. The molecule has 6 heteroatoms. The number of piperidine rings is 1. The molecule has 2 fully saturated rings. The molecule has 1 aromatic heterocycles. The number of aliphatic hydroxyl groups excluding tert-OH is 1. The van der Waals surface area contributed by atoms with E-state index < -0.39 is 10.0 Å². The summed E-state index contributed by atoms with van der Waals surface area (Å²) in [5, 5.41) is 9.72. The van der Waals surface area contributed by atoms with E-state index in [9.17, 15) is 13.5 Å². The summed E-state index contributed by atoms with van der Waals surface area (Å²) in [6.07, 6.45) is 5.92. The summed E-state index contributed by atoms with van der Waals surface area (Å²) in [7, 11) is -1.59. The van der Waals surface area contributed by atoms with Crippen molar-refractivity contribution >= 4 is 10.0 Å². The summed E-state index contributed by atoms with van der Waals surface area (Å²) in [6, 6.07) is 1.59. The number of hydrogen-bond donors (Lipinski definition) is 1. The minimum Gasteiger partial charge on any atom is -0.393 e. The first-order chi connectivity index (χ1) is 8.48. The smallest absolute Gasteiger partial charge is 0.245 e. The summed E-state index contributed by atoms with van der Waals surface area (Å²) in [5.74, 6) is 0. The van der Waals surface area contributed by atoms with E-state index in [4.69, 9.17) is 0 Å². The second kappa shape index (κ2) is 4.08. The Morgan fingerprint density at radius 3 is 2.39 bits per heavy atom. The van der Waals surface area contributed by atoms with Crippen LogP contribution in [0.15, 0.2) is 23.4 Å². The van der Waals surface area contributed by atoms with Crippen molar-refractivity contribution in [2.45, 2.75) is 48.8 Å². The van der Waals surface area contributed by atoms with Crippen LogP contribution in [0.3, 0.4) is 0 Å². The fourth-order valence-electron chi connectivity index (χ4n) is 3.25. The van der Waals surface area contributed by atoms with Crippen LogP contribution >= 0.6 is 0 Å². The average molecular weight is 270 g/mol. The SMILES string of the molecule is Cn1ccc(S(=O)(=O)N2C3CCC2CC(O)C3)c1. The van der Waals surface area contributed by atoms with Crippen molar-refractivity contribution in [1.82, 2.24) is 8.87 Å². The molecule has 0 aliphatic carbocycles. The van der Waals surface area contributed by atoms with Crippen molar-refractivity contribution in [2.75, 3.05) is 0 Å². The van der Waals surface area contributed by atoms with Gasteiger partial charge in [-0.1, -0.05) is 0 Å². The van der Waals surface area contributed by atoms with Gasteiger partial charge in [-0.15, -0.1) is 0 Å². The van der Waals surface area contributed by atoms with Gasteiger partial charge in [0.25, 0.3) is 0 Å². The highest BCUT2D eigenvalue weighted by molar-refractivity contribution is 7.89. The van der Waals surface area contributed by atoms with E-state index >= 15 is 0 Å². The van der Waals surface area contributed by atoms with Crippen molar-refractivity contribution in [1.29, 1.82) is 0 Å². The largest absolute Gasteiger partial charge is 0.393 e. The minimum atomic E-state index is -3.40. The standard InChI is InChI=1S/C12H18N2O3S/c1-13-5-4-12(8-13)18(16,17)14-9-2-3-10(14)7-11(15)6-9/h4-5,8-11,15H,2-3,6-7H2,1H3. The highest BCUT2D eigenvalue weighted by Gasteiger charge is 2.46. The van der Waals surface area contributed by atoms with Gasteiger partial charge in [-0.05, 0) is 31.7 Å². The number of aryl methyl sites for hydroxylation is 1. The molecule has 1 aromatic rings. The van der Waals surface area contributed by atoms with E-state index in [-0.39, 0.29) is 18.2 Å². The highest BCUT2D eigenvalue weighted by atomic mass is 32.2. The Kier molecular flexibility index (Phi) is 2.76. The van der Waals surface area contributed by atoms with Gasteiger partial charge in [-0.2, -0.15) is 4.31 Å². The fraction of sp³-hybridized carbons (Fsp3) is 0.667. The molecule has 0 spiro atoms. The van der Waals surface area contributed by atoms with Crippen LogP contribution < -0.4 is 0 Å². The van der Waals surface area contributed by atoms with Gasteiger partial charge in [-0.25, -0.2) is 8.42 Å². The molecule has 0 radical (unpaired) electrons. The predicted molar refractivity (Wildman–Crippen MR) is 66.5 cm³/mol. The molecule has 2 unspecified atom stereocenters. The molecule has 2 aliphatic rings. The number of nitrogens with zero attached hydrogens (tertiary/aromatic N) is 2. The van der Waals surface area contributed by atoms with Gasteiger partial charge in [0.15, 0.2) is 0 Å². The van der Waals surface area contributed by atoms with Gasteiger partial charge >= 0.3 is 0 Å². The Morgan fingerprint density at radius 2 is 1.89 bits per heavy atom. The van der Waals surface area contributed by atoms with Gasteiger partial charge < -0.3 is 9.67 Å². The fourth-order valence-corrected chi connectivity index (χ4v) is 5.19. The summed E-state index contributed by atoms with van der Waals surface area (Å²) in [4.78, 5) is 0.360. The lowest BCUT2D eigenvalue weighted by atomic mass is 10.0. The third kappa shape index (κ3) is 1.79. The summed E-state index contributed by atoms with van der Waals surface area (Å²) >= 11 is 0. The van der Waals surface area contributed by atoms with Crippen molar-refractivity contribution in [3.8, 4) is 0 Å². The maximum Gasteiger partial charge on any atom is 0.245 e. The molecule has 2 bridgehead atoms. The zero-order chi connectivity index (χ0) is 12.9. The normalized spacial score (nSPS) is 32.9. The van der Waals surface area contributed by atoms with Crippen molar-refractivity contribution < 1.29 is 13.5 Å². The Hall–Kier alpha value is -0.850. The summed E-state index contributed by atoms with van der Waals surface area (Å²) < 4.78 is 28.6. The molecule has 3 heterocycles. The Morgan fingerprint density at radius 1 is 1.28 bits per heavy atom. The van der Waals surface area contributed by atoms with Crippen LogP contribution in [0, 0.1) is 0 Å². The van der Waals surface area contributed by atoms with Crippen LogP contribution in [-0.4, -0.2) is 40.6 Å². The molecule has 1 N–H and O–H groups in total. The summed E-state index contributed by atoms with van der Waals surface area (Å²) in [6.45, 7) is 0. The van der Waals surface area contributed by atoms with Crippen molar-refractivity contribution in [3.05, 3.63) is 18.5 Å². The lowest BCUT2D eigenvalue weighted by molar-refractivity contribution is 0.0769. The minimum absolute atomic E-state index is 0.0241. The molecule has 2 saturated heterocycles. The number of hydrogen-bond acceptors (Lipinski definition) is 3. The number of fused-ring (bicyclic) bond motifs is 2. The number of sulfonamides is 1. The lowest BCUT2D eigenvalue weighted by Gasteiger charge is -2.35. The molecule has 2 aliphatic heterocycles. The monoisotopic (exact) mass is 270 g/mol. The van der Waals surface area contributed by atoms with Crippen LogP contribution in [0.5, 0.6) is 0 Å². The van der Waals surface area contributed by atoms with Gasteiger partial charge in [0.1, 0.15) is 0 Å². The second-order valence-electron chi connectivity index (χ2n) is 5.36. The zero-order valence-electron chi connectivity index (χ0n) is 10.4. The van der Waals surface area contributed by atoms with Crippen LogP contribution in [0.25, 0.3) is 0 Å². The third-order valence-electron chi connectivity index (χ3n) is 4.02. The molecule has 0 aromatic carbocycles. The van der Waals surface area contributed by atoms with Crippen molar-refractivity contribution in [2.24, 2.45) is 7.05 Å². The molecule has 3 rings (SSSR count). The Labute approximate surface area is 107 Å². The van der Waals surface area contributed by atoms with E-state index in [1.807, 2.05) is 7.05 Å². The van der Waals surface area contributed by atoms with Crippen LogP contribution in [-0.2, 0) is 17.1 Å². The van der Waals surface area contributed by atoms with E-state index in [1.165, 1.54) is 0 Å². The zero-order valence-corrected chi connectivity index (χ0v) is 11.2. The lowest BCUT2D eigenvalue weighted by Crippen LogP contribution is -2.47. The van der Waals surface area contributed by atoms with E-state index in [1.54, 1.807) is 27.3 Å². The number of rotatable bonds is 2. The molecule has 0 saturated carbocycles. The molecule has 100 valence electrons. The van der Waals surface area contributed by atoms with Crippen LogP contribution in [0.4, 0.5) is 0 Å². The third-order valence-corrected chi connectivity index (χ3v) is 6.01. The molecule has 2 atom stereocenters. The summed E-state index contributed by atoms with van der Waals surface area (Å²) in [5.41, 5.74) is 0. The van der Waals surface area contributed by atoms with Crippen molar-refractivity contribution in [3.63, 3.8) is 0 Å². The molecule has 0 amide bonds. The van der Waals surface area contributed by atoms with Crippen LogP contribution in [0.2, 0.25) is 0 Å². The quantitative estimate of drug-likeness (QED) is 0.860. The first-order valence-corrected chi connectivity index (χ1v) is 7.76. The number of aromatic nitrogens is 1. The first-order valence-electron chi connectivity index (χ1n) is 6.32. The molecule has 18 heavy (non-hydrogen) atoms. The Bertz CT molecular complexity index is 537. The molecular formula is C12H18N2O3S. The van der Waals surface area contributed by atoms with Gasteiger partial charge in [0, 0.05) is 31.5 Å². The molecule has 5 nitrogen and oxygen atoms in total. The Balaban J connectivity index is 1.96. The van der Waals surface area contributed by atoms with Gasteiger partial charge in [0.2, 0.25) is 10.0 Å². The number of aliphatic hydroxyl groups is 1. The van der Waals surface area contributed by atoms with Crippen LogP contribution in [0.1, 0.15) is 25.7 Å². The van der Waals surface area contributed by atoms with E-state index in [0.717, 1.165) is 12.8 Å². The molecular weight excluding hydrogens is 252 g/mol. The van der Waals surface area contributed by atoms with Gasteiger partial charge in [-0.3, -0.25) is 0 Å². The average Bonchev–Trinajstić information content (AvgIpc) is 2.83. The maximum absolute atomic E-state index is 12.6. The second-order valence-corrected chi connectivity index (χ2v) is 7.20. The van der Waals surface area contributed by atoms with E-state index in [0.29, 0.717) is 17.7 Å². The van der Waals surface area contributed by atoms with Gasteiger partial charge in [0.05, 0.1) is 11.0 Å². The maximum atomic E-state index is 12.6. The highest BCUT2D eigenvalue weighted by Crippen LogP contribution is 2.39. The topological polar surface area (TPSA) is 62.5 Å². The van der Waals surface area contributed by atoms with E-state index in [2.05, 4.69) is 0 Å².